The van der Waals surface area contributed by atoms with Gasteiger partial charge in [-0.15, -0.1) is 22.5 Å². The maximum Gasteiger partial charge on any atom is 0.335 e. The molecule has 1 aromatic heterocycles. The molecule has 0 aliphatic carbocycles. The molecule has 0 atom stereocenters. The summed E-state index contributed by atoms with van der Waals surface area (Å²) in [5.41, 5.74) is 27.5. The van der Waals surface area contributed by atoms with Gasteiger partial charge in [0.2, 0.25) is 17.7 Å². The van der Waals surface area contributed by atoms with E-state index in [2.05, 4.69) is 64.0 Å². The molecule has 1 aliphatic heterocycles. The van der Waals surface area contributed by atoms with Gasteiger partial charge in [-0.2, -0.15) is 0 Å². The minimum Gasteiger partial charge on any atom is -0.481 e. The summed E-state index contributed by atoms with van der Waals surface area (Å²) in [7, 11) is 0. The maximum absolute atomic E-state index is 11.8. The van der Waals surface area contributed by atoms with Gasteiger partial charge in [0.1, 0.15) is 11.6 Å². The number of ketones is 2. The number of hydroxylamine groups is 2. The summed E-state index contributed by atoms with van der Waals surface area (Å²) in [6, 6.07) is 0. The third kappa shape index (κ3) is 98.5. The topological polar surface area (TPSA) is 532 Å². The van der Waals surface area contributed by atoms with Crippen LogP contribution in [-0.4, -0.2) is 309 Å². The molecule has 8 N–H and O–H groups in total. The molecule has 0 bridgehead atoms. The summed E-state index contributed by atoms with van der Waals surface area (Å²) in [4.78, 5) is 108. The Balaban J connectivity index is -0.000000414. The molecule has 0 saturated carbocycles. The highest BCUT2D eigenvalue weighted by molar-refractivity contribution is 6.01. The summed E-state index contributed by atoms with van der Waals surface area (Å²) in [5, 5.41) is 30.5. The van der Waals surface area contributed by atoms with Gasteiger partial charge < -0.3 is 104 Å². The van der Waals surface area contributed by atoms with Gasteiger partial charge in [-0.1, -0.05) is 36.2 Å². The number of nitrogens with zero attached hydrogens (tertiary/aromatic N) is 10. The molecular formula is C68H127N15O25. The minimum absolute atomic E-state index is 0.0389. The van der Waals surface area contributed by atoms with Crippen LogP contribution in [0.15, 0.2) is 16.4 Å². The summed E-state index contributed by atoms with van der Waals surface area (Å²) in [5.74, 6) is 0.00295. The average molecular weight is 1550 g/mol. The monoisotopic (exact) mass is 1550 g/mol. The van der Waals surface area contributed by atoms with E-state index >= 15 is 0 Å². The predicted octanol–water partition coefficient (Wildman–Crippen LogP) is 2.97. The Morgan fingerprint density at radius 1 is 0.500 bits per heavy atom. The van der Waals surface area contributed by atoms with Crippen LogP contribution in [0.3, 0.4) is 0 Å². The van der Waals surface area contributed by atoms with Gasteiger partial charge in [0, 0.05) is 154 Å². The van der Waals surface area contributed by atoms with Crippen LogP contribution in [0.25, 0.3) is 20.9 Å². The number of nitrogens with two attached hydrogens (primary N) is 2. The number of Topliss-reactive ketones (excluding diaryl/α,β-unsaturated/α-hetero) is 2. The average Bonchev–Trinajstić information content (AvgIpc) is 1.72. The summed E-state index contributed by atoms with van der Waals surface area (Å²) in [6.07, 6.45) is 12.6. The number of amides is 5. The van der Waals surface area contributed by atoms with E-state index in [0.717, 1.165) is 38.5 Å². The van der Waals surface area contributed by atoms with Crippen molar-refractivity contribution in [1.29, 1.82) is 0 Å². The predicted molar refractivity (Wildman–Crippen MR) is 395 cm³/mol. The number of aliphatic carboxylic acids is 1. The Bertz CT molecular complexity index is 2450. The molecule has 1 aromatic rings. The molecule has 0 spiro atoms. The first-order chi connectivity index (χ1) is 52.3. The number of carboxylic acid groups (broad SMARTS) is 1. The zero-order chi connectivity index (χ0) is 81.3. The molecule has 108 heavy (non-hydrogen) atoms. The molecule has 1 saturated heterocycles. The molecule has 0 aromatic carbocycles. The van der Waals surface area contributed by atoms with E-state index in [1.165, 1.54) is 20.8 Å². The lowest BCUT2D eigenvalue weighted by molar-refractivity contribution is -0.198. The van der Waals surface area contributed by atoms with E-state index in [4.69, 9.17) is 105 Å². The number of carbonyl (C=O) groups excluding carboxylic acids is 8. The van der Waals surface area contributed by atoms with E-state index in [0.29, 0.717) is 255 Å². The van der Waals surface area contributed by atoms with E-state index < -0.39 is 23.8 Å². The van der Waals surface area contributed by atoms with E-state index in [1.807, 2.05) is 20.0 Å². The molecular weight excluding hydrogens is 1430 g/mol. The minimum atomic E-state index is -0.833. The van der Waals surface area contributed by atoms with Crippen molar-refractivity contribution in [2.24, 2.45) is 21.7 Å². The first kappa shape index (κ1) is 109. The normalized spacial score (nSPS) is 10.9. The zero-order valence-corrected chi connectivity index (χ0v) is 65.0. The van der Waals surface area contributed by atoms with Gasteiger partial charge in [0.15, 0.2) is 0 Å². The van der Waals surface area contributed by atoms with Gasteiger partial charge >= 0.3 is 5.97 Å². The number of aryl methyl sites for hydroxylation is 1. The van der Waals surface area contributed by atoms with Crippen molar-refractivity contribution in [2.45, 2.75) is 132 Å². The van der Waals surface area contributed by atoms with Crippen LogP contribution >= 0.6 is 0 Å². The second-order valence-electron chi connectivity index (χ2n) is 21.5. The van der Waals surface area contributed by atoms with Gasteiger partial charge in [-0.05, 0) is 36.7 Å². The first-order valence-corrected chi connectivity index (χ1v) is 36.1. The quantitative estimate of drug-likeness (QED) is 0.0136. The van der Waals surface area contributed by atoms with Crippen LogP contribution in [0, 0.1) is 12.3 Å². The molecule has 40 heteroatoms. The Hall–Kier alpha value is -7.49. The highest BCUT2D eigenvalue weighted by Gasteiger charge is 2.32. The van der Waals surface area contributed by atoms with Gasteiger partial charge in [-0.3, -0.25) is 38.4 Å². The fraction of sp³-hybridized carbons (Fsp3) is 0.809. The number of hydrogen-bond acceptors (Lipinski definition) is 30. The Morgan fingerprint density at radius 3 is 1.15 bits per heavy atom. The smallest absolute Gasteiger partial charge is 0.335 e. The summed E-state index contributed by atoms with van der Waals surface area (Å²) < 4.78 is 75.1. The van der Waals surface area contributed by atoms with Gasteiger partial charge in [-0.25, -0.2) is 9.48 Å². The van der Waals surface area contributed by atoms with Gasteiger partial charge in [0.05, 0.1) is 184 Å². The van der Waals surface area contributed by atoms with Crippen molar-refractivity contribution in [2.75, 3.05) is 231 Å². The molecule has 0 radical (unpaired) electrons. The highest BCUT2D eigenvalue weighted by Crippen LogP contribution is 2.12. The Labute approximate surface area is 636 Å². The largest absolute Gasteiger partial charge is 0.481 e. The molecule has 40 nitrogen and oxygen atoms in total. The number of carboxylic acids is 1. The van der Waals surface area contributed by atoms with Gasteiger partial charge in [0.25, 0.3) is 17.8 Å². The number of terminal acetylenes is 1. The second-order valence-corrected chi connectivity index (χ2v) is 21.5. The molecule has 2 rings (SSSR count). The molecule has 5 amide bonds. The molecule has 1 aliphatic rings. The lowest BCUT2D eigenvalue weighted by Gasteiger charge is -2.12. The van der Waals surface area contributed by atoms with E-state index in [9.17, 15) is 38.4 Å². The lowest BCUT2D eigenvalue weighted by Crippen LogP contribution is -2.32. The van der Waals surface area contributed by atoms with Crippen molar-refractivity contribution < 1.29 is 119 Å². The number of hydrogen-bond donors (Lipinski definition) is 6. The molecule has 0 unspecified atom stereocenters. The maximum atomic E-state index is 11.8. The highest BCUT2D eigenvalue weighted by atomic mass is 16.7. The SMILES string of the molecule is C#CCC.CC(=O)NCCOCCOCCCC(=O)CCOCCOCCN=[N+]=[N-].CC(=O)NCCOCCOCCN.CC(=O)O.CCCOCCOCCN.CCc1cn(CCOCCOCCC(=O)CCCOCCOCCNC(C)=O)nn1.[N-]=[N+]=NCCOCCOCCC(=O)ON1C(=O)CCC1=O. The summed E-state index contributed by atoms with van der Waals surface area (Å²) >= 11 is 0. The number of carbonyl (C=O) groups is 9. The standard InChI is InChI=1S/C20H36N4O6.C16H30N4O6.C11H16N4O6.C8H18N2O3.C7H17NO2.C4H6.C2H4O2/c1-3-19-17-24(23-22-19)8-12-30-16-14-28-10-6-20(26)5-4-9-27-13-15-29-11-7-21-18(2)25;1-15(21)18-5-9-25-13-11-23-7-2-3-16(22)4-8-24-12-14-26-10-6-19-20-17;12-14-13-4-6-20-8-7-19-5-3-11(18)21-15-9(16)1-2-10(15)17;1-8(11)10-3-5-13-7-6-12-4-2-9;1-2-4-9-6-7-10-5-3-8;1-3-4-2;1-2(3)4/h17H,3-16H2,1-2H3,(H,21,25);2-14H2,1H3,(H,18,21);1-8H2;2-7,9H2,1H3,(H,10,11);2-8H2,1H3;1H,4H2,2H3;1H3,(H,3,4). The van der Waals surface area contributed by atoms with Crippen LogP contribution in [0.4, 0.5) is 0 Å². The number of rotatable bonds is 64. The van der Waals surface area contributed by atoms with Crippen LogP contribution in [0.2, 0.25) is 0 Å². The third-order valence-electron chi connectivity index (χ3n) is 11.9. The third-order valence-corrected chi connectivity index (χ3v) is 11.9. The number of ether oxygens (including phenoxy) is 14. The number of imide groups is 1. The Kier molecular flexibility index (Phi) is 92.8. The molecule has 624 valence electrons. The summed E-state index contributed by atoms with van der Waals surface area (Å²) in [6.45, 7) is 28.7. The lowest BCUT2D eigenvalue weighted by atomic mass is 10.2. The van der Waals surface area contributed by atoms with Crippen molar-refractivity contribution in [3.8, 4) is 12.3 Å². The number of aromatic nitrogens is 3. The van der Waals surface area contributed by atoms with Crippen molar-refractivity contribution in [1.82, 2.24) is 36.0 Å². The van der Waals surface area contributed by atoms with Crippen molar-refractivity contribution in [3.05, 3.63) is 32.8 Å². The fourth-order valence-corrected chi connectivity index (χ4v) is 6.86. The molecule has 1 fully saturated rings. The number of azide groups is 2. The van der Waals surface area contributed by atoms with E-state index in [-0.39, 0.29) is 68.3 Å². The molecule has 2 heterocycles. The van der Waals surface area contributed by atoms with Crippen LogP contribution in [-0.2, 0) is 127 Å². The van der Waals surface area contributed by atoms with Crippen molar-refractivity contribution in [3.63, 3.8) is 0 Å². The number of nitrogens with one attached hydrogen (secondary N) is 3. The first-order valence-electron chi connectivity index (χ1n) is 36.1. The van der Waals surface area contributed by atoms with Crippen LogP contribution in [0.1, 0.15) is 125 Å². The van der Waals surface area contributed by atoms with Crippen LogP contribution < -0.4 is 27.4 Å². The Morgan fingerprint density at radius 2 is 0.824 bits per heavy atom. The zero-order valence-electron chi connectivity index (χ0n) is 65.0. The van der Waals surface area contributed by atoms with E-state index in [1.54, 1.807) is 4.68 Å². The van der Waals surface area contributed by atoms with Crippen molar-refractivity contribution >= 4 is 53.0 Å². The van der Waals surface area contributed by atoms with Crippen LogP contribution in [0.5, 0.6) is 0 Å². The fourth-order valence-electron chi connectivity index (χ4n) is 6.86. The second kappa shape index (κ2) is 91.9.